The van der Waals surface area contributed by atoms with Crippen LogP contribution in [-0.2, 0) is 13.1 Å². The molecule has 0 aliphatic heterocycles. The molecular formula is C15H19FN2. The molecule has 2 rings (SSSR count). The maximum atomic E-state index is 13.5. The molecule has 2 nitrogen and oxygen atoms in total. The first-order valence-electron chi connectivity index (χ1n) is 6.38. The first kappa shape index (κ1) is 12.8. The van der Waals surface area contributed by atoms with Crippen LogP contribution in [0.1, 0.15) is 24.5 Å². The van der Waals surface area contributed by atoms with Crippen LogP contribution in [0.5, 0.6) is 0 Å². The van der Waals surface area contributed by atoms with Crippen molar-refractivity contribution in [2.24, 2.45) is 0 Å². The summed E-state index contributed by atoms with van der Waals surface area (Å²) in [6.07, 6.45) is 5.19. The molecule has 96 valence electrons. The topological polar surface area (TPSA) is 17.0 Å². The van der Waals surface area contributed by atoms with E-state index in [4.69, 9.17) is 0 Å². The Bertz CT molecular complexity index is 491. The SMILES string of the molecule is CCCNCc1ccn(Cc2ccccc2F)c1. The average molecular weight is 246 g/mol. The van der Waals surface area contributed by atoms with Gasteiger partial charge in [0.05, 0.1) is 0 Å². The Morgan fingerprint density at radius 2 is 2.06 bits per heavy atom. The third-order valence-electron chi connectivity index (χ3n) is 2.88. The molecular weight excluding hydrogens is 227 g/mol. The van der Waals surface area contributed by atoms with Gasteiger partial charge in [-0.15, -0.1) is 0 Å². The lowest BCUT2D eigenvalue weighted by molar-refractivity contribution is 0.599. The quantitative estimate of drug-likeness (QED) is 0.775. The first-order chi connectivity index (χ1) is 8.79. The Hall–Kier alpha value is -1.61. The summed E-state index contributed by atoms with van der Waals surface area (Å²) >= 11 is 0. The largest absolute Gasteiger partial charge is 0.349 e. The number of nitrogens with zero attached hydrogens (tertiary/aromatic N) is 1. The minimum Gasteiger partial charge on any atom is -0.349 e. The second-order valence-electron chi connectivity index (χ2n) is 4.46. The molecule has 0 radical (unpaired) electrons. The van der Waals surface area contributed by atoms with Gasteiger partial charge in [0.1, 0.15) is 5.82 Å². The predicted octanol–water partition coefficient (Wildman–Crippen LogP) is 3.18. The van der Waals surface area contributed by atoms with Crippen LogP contribution in [0.4, 0.5) is 4.39 Å². The number of hydrogen-bond acceptors (Lipinski definition) is 1. The van der Waals surface area contributed by atoms with Crippen molar-refractivity contribution in [1.29, 1.82) is 0 Å². The van der Waals surface area contributed by atoms with Crippen LogP contribution in [0.25, 0.3) is 0 Å². The minimum atomic E-state index is -0.142. The molecule has 0 aliphatic rings. The van der Waals surface area contributed by atoms with Crippen molar-refractivity contribution < 1.29 is 4.39 Å². The lowest BCUT2D eigenvalue weighted by Gasteiger charge is -2.04. The van der Waals surface area contributed by atoms with E-state index in [1.54, 1.807) is 6.07 Å². The van der Waals surface area contributed by atoms with Gasteiger partial charge in [0.25, 0.3) is 0 Å². The zero-order chi connectivity index (χ0) is 12.8. The molecule has 0 saturated heterocycles. The van der Waals surface area contributed by atoms with E-state index in [1.807, 2.05) is 22.9 Å². The molecule has 0 bridgehead atoms. The predicted molar refractivity (Wildman–Crippen MR) is 71.9 cm³/mol. The minimum absolute atomic E-state index is 0.142. The van der Waals surface area contributed by atoms with E-state index in [-0.39, 0.29) is 5.82 Å². The fourth-order valence-electron chi connectivity index (χ4n) is 1.93. The third-order valence-corrected chi connectivity index (χ3v) is 2.88. The molecule has 0 fully saturated rings. The maximum absolute atomic E-state index is 13.5. The van der Waals surface area contributed by atoms with Crippen LogP contribution >= 0.6 is 0 Å². The molecule has 1 aromatic heterocycles. The molecule has 2 aromatic rings. The van der Waals surface area contributed by atoms with E-state index in [2.05, 4.69) is 24.5 Å². The molecule has 0 saturated carbocycles. The van der Waals surface area contributed by atoms with Crippen LogP contribution in [0.3, 0.4) is 0 Å². The molecule has 1 aromatic carbocycles. The van der Waals surface area contributed by atoms with Crippen molar-refractivity contribution in [3.63, 3.8) is 0 Å². The lowest BCUT2D eigenvalue weighted by atomic mass is 10.2. The van der Waals surface area contributed by atoms with Crippen LogP contribution in [-0.4, -0.2) is 11.1 Å². The van der Waals surface area contributed by atoms with E-state index in [0.29, 0.717) is 6.54 Å². The summed E-state index contributed by atoms with van der Waals surface area (Å²) in [6, 6.07) is 8.98. The Morgan fingerprint density at radius 1 is 1.22 bits per heavy atom. The van der Waals surface area contributed by atoms with Gasteiger partial charge in [-0.2, -0.15) is 0 Å². The van der Waals surface area contributed by atoms with E-state index >= 15 is 0 Å². The highest BCUT2D eigenvalue weighted by Crippen LogP contribution is 2.10. The summed E-state index contributed by atoms with van der Waals surface area (Å²) < 4.78 is 15.5. The van der Waals surface area contributed by atoms with Crippen molar-refractivity contribution in [3.8, 4) is 0 Å². The summed E-state index contributed by atoms with van der Waals surface area (Å²) in [5, 5.41) is 3.35. The number of aromatic nitrogens is 1. The van der Waals surface area contributed by atoms with Gasteiger partial charge < -0.3 is 9.88 Å². The number of benzene rings is 1. The van der Waals surface area contributed by atoms with Crippen molar-refractivity contribution in [2.75, 3.05) is 6.54 Å². The highest BCUT2D eigenvalue weighted by Gasteiger charge is 2.02. The number of halogens is 1. The lowest BCUT2D eigenvalue weighted by Crippen LogP contribution is -2.13. The van der Waals surface area contributed by atoms with E-state index in [9.17, 15) is 4.39 Å². The molecule has 3 heteroatoms. The number of nitrogens with one attached hydrogen (secondary N) is 1. The van der Waals surface area contributed by atoms with E-state index < -0.39 is 0 Å². The van der Waals surface area contributed by atoms with Gasteiger partial charge in [0.2, 0.25) is 0 Å². The second kappa shape index (κ2) is 6.36. The summed E-state index contributed by atoms with van der Waals surface area (Å²) in [4.78, 5) is 0. The molecule has 1 N–H and O–H groups in total. The van der Waals surface area contributed by atoms with Gasteiger partial charge in [-0.05, 0) is 30.7 Å². The summed E-state index contributed by atoms with van der Waals surface area (Å²) in [5.41, 5.74) is 1.96. The van der Waals surface area contributed by atoms with E-state index in [1.165, 1.54) is 11.6 Å². The monoisotopic (exact) mass is 246 g/mol. The molecule has 0 amide bonds. The molecule has 0 aliphatic carbocycles. The van der Waals surface area contributed by atoms with Gasteiger partial charge in [0, 0.05) is 31.0 Å². The van der Waals surface area contributed by atoms with Crippen molar-refractivity contribution in [1.82, 2.24) is 9.88 Å². The van der Waals surface area contributed by atoms with Crippen molar-refractivity contribution in [2.45, 2.75) is 26.4 Å². The van der Waals surface area contributed by atoms with Gasteiger partial charge in [-0.1, -0.05) is 25.1 Å². The first-order valence-corrected chi connectivity index (χ1v) is 6.38. The van der Waals surface area contributed by atoms with Crippen molar-refractivity contribution >= 4 is 0 Å². The van der Waals surface area contributed by atoms with Crippen LogP contribution in [0.2, 0.25) is 0 Å². The number of hydrogen-bond donors (Lipinski definition) is 1. The van der Waals surface area contributed by atoms with Crippen LogP contribution < -0.4 is 5.32 Å². The molecule has 0 unspecified atom stereocenters. The van der Waals surface area contributed by atoms with Gasteiger partial charge in [-0.3, -0.25) is 0 Å². The Morgan fingerprint density at radius 3 is 2.83 bits per heavy atom. The van der Waals surface area contributed by atoms with Crippen LogP contribution in [0.15, 0.2) is 42.7 Å². The highest BCUT2D eigenvalue weighted by molar-refractivity contribution is 5.19. The zero-order valence-electron chi connectivity index (χ0n) is 10.7. The second-order valence-corrected chi connectivity index (χ2v) is 4.46. The normalized spacial score (nSPS) is 10.8. The third kappa shape index (κ3) is 3.44. The summed E-state index contributed by atoms with van der Waals surface area (Å²) in [6.45, 7) is 4.63. The van der Waals surface area contributed by atoms with Crippen LogP contribution in [0, 0.1) is 5.82 Å². The Balaban J connectivity index is 1.96. The Labute approximate surface area is 107 Å². The molecule has 18 heavy (non-hydrogen) atoms. The molecule has 0 spiro atoms. The van der Waals surface area contributed by atoms with E-state index in [0.717, 1.165) is 25.1 Å². The fourth-order valence-corrected chi connectivity index (χ4v) is 1.93. The van der Waals surface area contributed by atoms with Gasteiger partial charge in [0.15, 0.2) is 0 Å². The maximum Gasteiger partial charge on any atom is 0.128 e. The molecule has 0 atom stereocenters. The standard InChI is InChI=1S/C15H19FN2/c1-2-8-17-10-13-7-9-18(11-13)12-14-5-3-4-6-15(14)16/h3-7,9,11,17H,2,8,10,12H2,1H3. The Kier molecular flexibility index (Phi) is 4.53. The summed E-state index contributed by atoms with van der Waals surface area (Å²) in [7, 11) is 0. The van der Waals surface area contributed by atoms with Gasteiger partial charge >= 0.3 is 0 Å². The molecule has 1 heterocycles. The smallest absolute Gasteiger partial charge is 0.128 e. The van der Waals surface area contributed by atoms with Gasteiger partial charge in [-0.25, -0.2) is 4.39 Å². The fraction of sp³-hybridized carbons (Fsp3) is 0.333. The zero-order valence-corrected chi connectivity index (χ0v) is 10.7. The highest BCUT2D eigenvalue weighted by atomic mass is 19.1. The summed E-state index contributed by atoms with van der Waals surface area (Å²) in [5.74, 6) is -0.142. The number of rotatable bonds is 6. The van der Waals surface area contributed by atoms with Crippen molar-refractivity contribution in [3.05, 3.63) is 59.7 Å². The average Bonchev–Trinajstić information content (AvgIpc) is 2.80.